The van der Waals surface area contributed by atoms with Crippen molar-refractivity contribution in [3.05, 3.63) is 53.7 Å². The van der Waals surface area contributed by atoms with Crippen molar-refractivity contribution in [1.82, 2.24) is 5.32 Å². The molecule has 1 heterocycles. The van der Waals surface area contributed by atoms with Gasteiger partial charge in [-0.1, -0.05) is 0 Å². The second-order valence-electron chi connectivity index (χ2n) is 4.34. The van der Waals surface area contributed by atoms with E-state index in [-0.39, 0.29) is 17.3 Å². The molecule has 2 rings (SSSR count). The molecule has 0 saturated heterocycles. The van der Waals surface area contributed by atoms with Crippen molar-refractivity contribution in [3.63, 3.8) is 0 Å². The number of urea groups is 1. The van der Waals surface area contributed by atoms with Crippen molar-refractivity contribution in [3.8, 4) is 0 Å². The van der Waals surface area contributed by atoms with Gasteiger partial charge in [-0.25, -0.2) is 14.0 Å². The van der Waals surface area contributed by atoms with Crippen LogP contribution in [0.25, 0.3) is 0 Å². The predicted octanol–water partition coefficient (Wildman–Crippen LogP) is 3.00. The summed E-state index contributed by atoms with van der Waals surface area (Å²) in [7, 11) is 0. The van der Waals surface area contributed by atoms with Gasteiger partial charge in [0.25, 0.3) is 0 Å². The van der Waals surface area contributed by atoms with Gasteiger partial charge in [0.05, 0.1) is 23.6 Å². The number of amides is 2. The summed E-state index contributed by atoms with van der Waals surface area (Å²) in [6.45, 7) is 1.71. The van der Waals surface area contributed by atoms with Crippen LogP contribution in [0.4, 0.5) is 14.9 Å². The van der Waals surface area contributed by atoms with Crippen LogP contribution in [0.15, 0.2) is 41.0 Å². The fraction of sp³-hybridized carbons (Fsp3) is 0.143. The molecule has 0 spiro atoms. The number of benzene rings is 1. The molecule has 0 aliphatic carbocycles. The van der Waals surface area contributed by atoms with Gasteiger partial charge in [-0.2, -0.15) is 0 Å². The molecule has 0 saturated carbocycles. The Morgan fingerprint density at radius 2 is 2.10 bits per heavy atom. The van der Waals surface area contributed by atoms with Crippen LogP contribution in [0.5, 0.6) is 0 Å². The number of hydrogen-bond acceptors (Lipinski definition) is 3. The molecule has 0 fully saturated rings. The highest BCUT2D eigenvalue weighted by Crippen LogP contribution is 2.17. The van der Waals surface area contributed by atoms with E-state index in [2.05, 4.69) is 10.6 Å². The van der Waals surface area contributed by atoms with Gasteiger partial charge in [0, 0.05) is 0 Å². The van der Waals surface area contributed by atoms with E-state index in [1.54, 1.807) is 19.1 Å². The van der Waals surface area contributed by atoms with Gasteiger partial charge < -0.3 is 20.2 Å². The summed E-state index contributed by atoms with van der Waals surface area (Å²) in [6, 6.07) is 5.62. The number of aromatic carboxylic acids is 1. The number of nitrogens with one attached hydrogen (secondary N) is 2. The molecule has 6 nitrogen and oxygen atoms in total. The molecule has 0 aliphatic heterocycles. The standard InChI is InChI=1S/C14H13FN2O4/c1-8(12-3-2-6-21-12)16-14(20)17-11-5-4-9(13(18)19)7-10(11)15/h2-8H,1H3,(H,18,19)(H2,16,17,20). The first-order chi connectivity index (χ1) is 9.97. The zero-order valence-electron chi connectivity index (χ0n) is 11.1. The first-order valence-corrected chi connectivity index (χ1v) is 6.11. The average Bonchev–Trinajstić information content (AvgIpc) is 2.94. The number of halogens is 1. The summed E-state index contributed by atoms with van der Waals surface area (Å²) >= 11 is 0. The molecule has 1 aromatic heterocycles. The van der Waals surface area contributed by atoms with E-state index in [1.165, 1.54) is 18.4 Å². The number of carbonyl (C=O) groups is 2. The van der Waals surface area contributed by atoms with E-state index in [4.69, 9.17) is 9.52 Å². The molecule has 21 heavy (non-hydrogen) atoms. The highest BCUT2D eigenvalue weighted by molar-refractivity contribution is 5.91. The van der Waals surface area contributed by atoms with Gasteiger partial charge in [0.1, 0.15) is 11.6 Å². The molecule has 1 unspecified atom stereocenters. The molecule has 1 atom stereocenters. The average molecular weight is 292 g/mol. The smallest absolute Gasteiger partial charge is 0.335 e. The van der Waals surface area contributed by atoms with Crippen LogP contribution in [0.1, 0.15) is 29.1 Å². The third-order valence-corrected chi connectivity index (χ3v) is 2.78. The number of carboxylic acid groups (broad SMARTS) is 1. The van der Waals surface area contributed by atoms with E-state index in [1.807, 2.05) is 0 Å². The molecule has 0 aliphatic rings. The van der Waals surface area contributed by atoms with Crippen LogP contribution in [0, 0.1) is 5.82 Å². The molecular weight excluding hydrogens is 279 g/mol. The second kappa shape index (κ2) is 6.08. The number of anilines is 1. The van der Waals surface area contributed by atoms with Crippen LogP contribution in [-0.2, 0) is 0 Å². The normalized spacial score (nSPS) is 11.7. The molecule has 1 aromatic carbocycles. The Labute approximate surface area is 119 Å². The molecule has 110 valence electrons. The SMILES string of the molecule is CC(NC(=O)Nc1ccc(C(=O)O)cc1F)c1ccco1. The van der Waals surface area contributed by atoms with Gasteiger partial charge >= 0.3 is 12.0 Å². The topological polar surface area (TPSA) is 91.6 Å². The number of hydrogen-bond donors (Lipinski definition) is 3. The highest BCUT2D eigenvalue weighted by atomic mass is 19.1. The third-order valence-electron chi connectivity index (χ3n) is 2.78. The van der Waals surface area contributed by atoms with Gasteiger partial charge in [0.2, 0.25) is 0 Å². The minimum absolute atomic E-state index is 0.107. The fourth-order valence-corrected chi connectivity index (χ4v) is 1.71. The van der Waals surface area contributed by atoms with Crippen LogP contribution in [0.3, 0.4) is 0 Å². The van der Waals surface area contributed by atoms with Gasteiger partial charge in [0.15, 0.2) is 0 Å². The summed E-state index contributed by atoms with van der Waals surface area (Å²) in [5.74, 6) is -1.50. The molecule has 7 heteroatoms. The van der Waals surface area contributed by atoms with Crippen LogP contribution < -0.4 is 10.6 Å². The lowest BCUT2D eigenvalue weighted by Crippen LogP contribution is -2.31. The summed E-state index contributed by atoms with van der Waals surface area (Å²) in [6.07, 6.45) is 1.48. The Kier molecular flexibility index (Phi) is 4.22. The lowest BCUT2D eigenvalue weighted by Gasteiger charge is -2.13. The number of carboxylic acids is 1. The van der Waals surface area contributed by atoms with E-state index in [0.717, 1.165) is 6.07 Å². The quantitative estimate of drug-likeness (QED) is 0.807. The first-order valence-electron chi connectivity index (χ1n) is 6.11. The maximum Gasteiger partial charge on any atom is 0.335 e. The highest BCUT2D eigenvalue weighted by Gasteiger charge is 2.14. The van der Waals surface area contributed by atoms with Gasteiger partial charge in [-0.05, 0) is 37.3 Å². The van der Waals surface area contributed by atoms with Crippen molar-refractivity contribution in [2.75, 3.05) is 5.32 Å². The maximum atomic E-state index is 13.7. The molecule has 0 bridgehead atoms. The lowest BCUT2D eigenvalue weighted by atomic mass is 10.2. The zero-order chi connectivity index (χ0) is 15.4. The number of furan rings is 1. The minimum atomic E-state index is -1.24. The van der Waals surface area contributed by atoms with Crippen LogP contribution >= 0.6 is 0 Å². The van der Waals surface area contributed by atoms with Crippen molar-refractivity contribution in [2.24, 2.45) is 0 Å². The van der Waals surface area contributed by atoms with Crippen molar-refractivity contribution in [2.45, 2.75) is 13.0 Å². The summed E-state index contributed by atoms with van der Waals surface area (Å²) in [5, 5.41) is 13.6. The predicted molar refractivity (Wildman–Crippen MR) is 72.6 cm³/mol. The van der Waals surface area contributed by atoms with Crippen LogP contribution in [-0.4, -0.2) is 17.1 Å². The van der Waals surface area contributed by atoms with E-state index in [9.17, 15) is 14.0 Å². The molecular formula is C14H13FN2O4. The largest absolute Gasteiger partial charge is 0.478 e. The molecule has 0 radical (unpaired) electrons. The Morgan fingerprint density at radius 3 is 2.67 bits per heavy atom. The zero-order valence-corrected chi connectivity index (χ0v) is 11.1. The Morgan fingerprint density at radius 1 is 1.33 bits per heavy atom. The first kappa shape index (κ1) is 14.6. The molecule has 2 amide bonds. The number of rotatable bonds is 4. The third kappa shape index (κ3) is 3.59. The fourth-order valence-electron chi connectivity index (χ4n) is 1.71. The monoisotopic (exact) mass is 292 g/mol. The summed E-state index contributed by atoms with van der Waals surface area (Å²) < 4.78 is 18.8. The second-order valence-corrected chi connectivity index (χ2v) is 4.34. The van der Waals surface area contributed by atoms with Gasteiger partial charge in [-0.3, -0.25) is 0 Å². The Bertz CT molecular complexity index is 655. The van der Waals surface area contributed by atoms with E-state index in [0.29, 0.717) is 5.76 Å². The van der Waals surface area contributed by atoms with E-state index < -0.39 is 17.8 Å². The van der Waals surface area contributed by atoms with Crippen molar-refractivity contribution >= 4 is 17.7 Å². The molecule has 2 aromatic rings. The molecule has 3 N–H and O–H groups in total. The number of carbonyl (C=O) groups excluding carboxylic acids is 1. The van der Waals surface area contributed by atoms with Crippen LogP contribution in [0.2, 0.25) is 0 Å². The van der Waals surface area contributed by atoms with Crippen molar-refractivity contribution < 1.29 is 23.5 Å². The summed E-state index contributed by atoms with van der Waals surface area (Å²) in [5.41, 5.74) is -0.299. The van der Waals surface area contributed by atoms with Crippen molar-refractivity contribution in [1.29, 1.82) is 0 Å². The van der Waals surface area contributed by atoms with Gasteiger partial charge in [-0.15, -0.1) is 0 Å². The Hall–Kier alpha value is -2.83. The summed E-state index contributed by atoms with van der Waals surface area (Å²) in [4.78, 5) is 22.4. The Balaban J connectivity index is 2.01. The van der Waals surface area contributed by atoms with E-state index >= 15 is 0 Å². The lowest BCUT2D eigenvalue weighted by molar-refractivity contribution is 0.0696. The maximum absolute atomic E-state index is 13.7. The minimum Gasteiger partial charge on any atom is -0.478 e.